The summed E-state index contributed by atoms with van der Waals surface area (Å²) in [4.78, 5) is 25.2. The van der Waals surface area contributed by atoms with Crippen LogP contribution in [-0.2, 0) is 19.1 Å². The van der Waals surface area contributed by atoms with Gasteiger partial charge in [-0.1, -0.05) is 12.1 Å². The van der Waals surface area contributed by atoms with Crippen molar-refractivity contribution in [1.82, 2.24) is 5.32 Å². The number of hydrogen-bond donors (Lipinski definition) is 2. The van der Waals surface area contributed by atoms with Crippen LogP contribution < -0.4 is 11.1 Å². The standard InChI is InChI=1S/C19H24N2O4/c1-5-24-18(22)15-11(3)21-12(4)16(19(23)25-6-2)17(15)13-8-7-9-14(20)10-13/h7-10,17,21H,5-6,20H2,1-4H3. The topological polar surface area (TPSA) is 90.6 Å². The van der Waals surface area contributed by atoms with Crippen LogP contribution >= 0.6 is 0 Å². The van der Waals surface area contributed by atoms with Gasteiger partial charge in [-0.25, -0.2) is 9.59 Å². The van der Waals surface area contributed by atoms with Crippen LogP contribution in [0.25, 0.3) is 0 Å². The average molecular weight is 344 g/mol. The predicted octanol–water partition coefficient (Wildman–Crippen LogP) is 2.63. The Hall–Kier alpha value is -2.76. The SMILES string of the molecule is CCOC(=O)C1=C(C)NC(C)=C(C(=O)OCC)C1c1cccc(N)c1. The normalized spacial score (nSPS) is 15.0. The van der Waals surface area contributed by atoms with Crippen LogP contribution in [0.1, 0.15) is 39.2 Å². The number of ether oxygens (including phenoxy) is 2. The fourth-order valence-electron chi connectivity index (χ4n) is 3.02. The molecule has 6 nitrogen and oxygen atoms in total. The van der Waals surface area contributed by atoms with Crippen molar-refractivity contribution in [2.75, 3.05) is 18.9 Å². The Morgan fingerprint density at radius 3 is 2.00 bits per heavy atom. The minimum absolute atomic E-state index is 0.247. The molecule has 0 amide bonds. The van der Waals surface area contributed by atoms with E-state index in [1.54, 1.807) is 45.9 Å². The van der Waals surface area contributed by atoms with Crippen molar-refractivity contribution < 1.29 is 19.1 Å². The first-order chi connectivity index (χ1) is 11.9. The molecule has 0 unspecified atom stereocenters. The molecule has 0 aromatic heterocycles. The summed E-state index contributed by atoms with van der Waals surface area (Å²) in [6, 6.07) is 7.15. The van der Waals surface area contributed by atoms with Gasteiger partial charge in [0, 0.05) is 17.1 Å². The molecule has 0 bridgehead atoms. The van der Waals surface area contributed by atoms with E-state index >= 15 is 0 Å². The molecular weight excluding hydrogens is 320 g/mol. The van der Waals surface area contributed by atoms with Crippen molar-refractivity contribution in [2.45, 2.75) is 33.6 Å². The molecule has 1 aromatic carbocycles. The molecule has 0 saturated heterocycles. The molecule has 6 heteroatoms. The maximum Gasteiger partial charge on any atom is 0.336 e. The number of carbonyl (C=O) groups excluding carboxylic acids is 2. The number of allylic oxidation sites excluding steroid dienone is 2. The summed E-state index contributed by atoms with van der Waals surface area (Å²) in [7, 11) is 0. The molecule has 3 N–H and O–H groups in total. The highest BCUT2D eigenvalue weighted by atomic mass is 16.5. The van der Waals surface area contributed by atoms with Crippen molar-refractivity contribution in [3.63, 3.8) is 0 Å². The minimum atomic E-state index is -0.595. The Kier molecular flexibility index (Phi) is 5.85. The first kappa shape index (κ1) is 18.6. The Balaban J connectivity index is 2.64. The molecule has 0 radical (unpaired) electrons. The van der Waals surface area contributed by atoms with Gasteiger partial charge in [-0.2, -0.15) is 0 Å². The molecule has 0 fully saturated rings. The third-order valence-electron chi connectivity index (χ3n) is 4.00. The molecule has 2 rings (SSSR count). The van der Waals surface area contributed by atoms with E-state index in [0.29, 0.717) is 28.2 Å². The summed E-state index contributed by atoms with van der Waals surface area (Å²) in [6.07, 6.45) is 0. The second-order valence-electron chi connectivity index (χ2n) is 5.75. The van der Waals surface area contributed by atoms with E-state index in [-0.39, 0.29) is 13.2 Å². The molecule has 1 heterocycles. The second kappa shape index (κ2) is 7.88. The Morgan fingerprint density at radius 2 is 1.56 bits per heavy atom. The van der Waals surface area contributed by atoms with Gasteiger partial charge in [0.1, 0.15) is 0 Å². The fraction of sp³-hybridized carbons (Fsp3) is 0.368. The number of nitrogens with one attached hydrogen (secondary N) is 1. The van der Waals surface area contributed by atoms with Crippen molar-refractivity contribution in [1.29, 1.82) is 0 Å². The highest BCUT2D eigenvalue weighted by Gasteiger charge is 2.37. The van der Waals surface area contributed by atoms with Gasteiger partial charge in [-0.05, 0) is 45.4 Å². The summed E-state index contributed by atoms with van der Waals surface area (Å²) in [5.41, 5.74) is 9.29. The van der Waals surface area contributed by atoms with Crippen molar-refractivity contribution in [3.8, 4) is 0 Å². The largest absolute Gasteiger partial charge is 0.463 e. The van der Waals surface area contributed by atoms with Crippen LogP contribution in [0.3, 0.4) is 0 Å². The third-order valence-corrected chi connectivity index (χ3v) is 4.00. The van der Waals surface area contributed by atoms with Crippen molar-refractivity contribution in [2.24, 2.45) is 0 Å². The van der Waals surface area contributed by atoms with E-state index in [1.165, 1.54) is 0 Å². The van der Waals surface area contributed by atoms with E-state index in [1.807, 2.05) is 6.07 Å². The van der Waals surface area contributed by atoms with Gasteiger partial charge in [0.05, 0.1) is 30.3 Å². The van der Waals surface area contributed by atoms with E-state index in [9.17, 15) is 9.59 Å². The first-order valence-electron chi connectivity index (χ1n) is 8.28. The van der Waals surface area contributed by atoms with Crippen LogP contribution in [0.5, 0.6) is 0 Å². The highest BCUT2D eigenvalue weighted by Crippen LogP contribution is 2.39. The zero-order valence-corrected chi connectivity index (χ0v) is 15.0. The smallest absolute Gasteiger partial charge is 0.336 e. The van der Waals surface area contributed by atoms with E-state index < -0.39 is 17.9 Å². The lowest BCUT2D eigenvalue weighted by Crippen LogP contribution is -2.32. The highest BCUT2D eigenvalue weighted by molar-refractivity contribution is 5.99. The number of carbonyl (C=O) groups is 2. The van der Waals surface area contributed by atoms with Gasteiger partial charge >= 0.3 is 11.9 Å². The van der Waals surface area contributed by atoms with Gasteiger partial charge in [-0.3, -0.25) is 0 Å². The van der Waals surface area contributed by atoms with Crippen LogP contribution in [0.2, 0.25) is 0 Å². The lowest BCUT2D eigenvalue weighted by Gasteiger charge is -2.30. The summed E-state index contributed by atoms with van der Waals surface area (Å²) in [5.74, 6) is -1.52. The summed E-state index contributed by atoms with van der Waals surface area (Å²) in [6.45, 7) is 7.56. The lowest BCUT2D eigenvalue weighted by molar-refractivity contribution is -0.139. The number of benzene rings is 1. The Bertz CT molecular complexity index is 710. The Labute approximate surface area is 147 Å². The molecule has 1 aliphatic heterocycles. The summed E-state index contributed by atoms with van der Waals surface area (Å²) < 4.78 is 10.4. The molecule has 0 spiro atoms. The zero-order valence-electron chi connectivity index (χ0n) is 15.0. The average Bonchev–Trinajstić information content (AvgIpc) is 2.54. The number of nitrogens with two attached hydrogens (primary N) is 1. The second-order valence-corrected chi connectivity index (χ2v) is 5.75. The molecule has 0 aliphatic carbocycles. The third kappa shape index (κ3) is 3.84. The molecule has 0 atom stereocenters. The minimum Gasteiger partial charge on any atom is -0.463 e. The quantitative estimate of drug-likeness (QED) is 0.630. The summed E-state index contributed by atoms with van der Waals surface area (Å²) in [5, 5.41) is 3.10. The Morgan fingerprint density at radius 1 is 1.04 bits per heavy atom. The number of esters is 2. The molecular formula is C19H24N2O4. The van der Waals surface area contributed by atoms with E-state index in [4.69, 9.17) is 15.2 Å². The van der Waals surface area contributed by atoms with Crippen LogP contribution in [0.4, 0.5) is 5.69 Å². The molecule has 25 heavy (non-hydrogen) atoms. The number of rotatable bonds is 5. The molecule has 1 aromatic rings. The van der Waals surface area contributed by atoms with Gasteiger partial charge in [0.25, 0.3) is 0 Å². The number of nitrogen functional groups attached to an aromatic ring is 1. The number of anilines is 1. The van der Waals surface area contributed by atoms with Crippen LogP contribution in [0, 0.1) is 0 Å². The van der Waals surface area contributed by atoms with Gasteiger partial charge in [0.2, 0.25) is 0 Å². The number of hydrogen-bond acceptors (Lipinski definition) is 6. The fourth-order valence-corrected chi connectivity index (χ4v) is 3.02. The lowest BCUT2D eigenvalue weighted by atomic mass is 9.80. The van der Waals surface area contributed by atoms with Crippen LogP contribution in [0.15, 0.2) is 46.8 Å². The zero-order chi connectivity index (χ0) is 18.6. The summed E-state index contributed by atoms with van der Waals surface area (Å²) >= 11 is 0. The maximum absolute atomic E-state index is 12.6. The van der Waals surface area contributed by atoms with Gasteiger partial charge < -0.3 is 20.5 Å². The van der Waals surface area contributed by atoms with E-state index in [2.05, 4.69) is 5.32 Å². The first-order valence-corrected chi connectivity index (χ1v) is 8.28. The van der Waals surface area contributed by atoms with Crippen molar-refractivity contribution in [3.05, 3.63) is 52.4 Å². The molecule has 0 saturated carbocycles. The van der Waals surface area contributed by atoms with E-state index in [0.717, 1.165) is 5.56 Å². The maximum atomic E-state index is 12.6. The van der Waals surface area contributed by atoms with Gasteiger partial charge in [0.15, 0.2) is 0 Å². The molecule has 134 valence electrons. The molecule has 1 aliphatic rings. The monoisotopic (exact) mass is 344 g/mol. The van der Waals surface area contributed by atoms with Crippen LogP contribution in [-0.4, -0.2) is 25.2 Å². The van der Waals surface area contributed by atoms with Gasteiger partial charge in [-0.15, -0.1) is 0 Å². The number of dihydropyridines is 1. The predicted molar refractivity (Wildman–Crippen MR) is 95.4 cm³/mol. The van der Waals surface area contributed by atoms with Crippen molar-refractivity contribution >= 4 is 17.6 Å².